The lowest BCUT2D eigenvalue weighted by Crippen LogP contribution is -2.61. The number of guanidine groups is 1. The molecule has 14 amide bonds. The third kappa shape index (κ3) is 29.3. The van der Waals surface area contributed by atoms with E-state index in [2.05, 4.69) is 88.7 Å². The van der Waals surface area contributed by atoms with Gasteiger partial charge in [-0.05, 0) is 113 Å². The fourth-order valence-corrected chi connectivity index (χ4v) is 14.8. The van der Waals surface area contributed by atoms with Gasteiger partial charge >= 0.3 is 11.9 Å². The molecule has 8 rings (SSSR count). The van der Waals surface area contributed by atoms with Crippen molar-refractivity contribution in [2.24, 2.45) is 17.4 Å². The van der Waals surface area contributed by atoms with Crippen LogP contribution in [0.25, 0.3) is 10.9 Å². The van der Waals surface area contributed by atoms with Crippen molar-refractivity contribution in [3.05, 3.63) is 108 Å². The first kappa shape index (κ1) is 93.6. The normalized spacial score (nSPS) is 20.8. The molecule has 0 radical (unpaired) electrons. The number of carbonyl (C=O) groups excluding carboxylic acids is 14. The van der Waals surface area contributed by atoms with Gasteiger partial charge in [-0.25, -0.2) is 9.97 Å². The highest BCUT2D eigenvalue weighted by molar-refractivity contribution is 6.01. The first-order chi connectivity index (χ1) is 57.8. The quantitative estimate of drug-likeness (QED) is 0.0103. The molecule has 42 heteroatoms. The number of aliphatic hydroxyl groups is 1. The SMILES string of the molecule is CC(=O)NC1CCCCNC(=O)CC(C(=O)N2CCCC2C(=O)N2CCCC2C(=O)NC(Cc2cnc[nH]2)C(=O)NC(CO)C(=O)NC(CCCCN(CC(=O)O)CC(=O)O)C(=O)NC(CC(C)C)C(N)=O)NC(=O)C(Cc2c[nH]c3ccccc23)NC(=O)C(CCCNC(=N)N)NC(=O)C(Cc2ccccc2)NC(=O)C(Cc2cnc[nH]2)NC1=O. The highest BCUT2D eigenvalue weighted by atomic mass is 16.4. The van der Waals surface area contributed by atoms with Crippen LogP contribution in [-0.2, 0) is 102 Å². The zero-order valence-electron chi connectivity index (χ0n) is 67.7. The van der Waals surface area contributed by atoms with E-state index in [1.54, 1.807) is 74.6 Å². The van der Waals surface area contributed by atoms with Crippen molar-refractivity contribution in [2.45, 2.75) is 209 Å². The Morgan fingerprint density at radius 1 is 0.612 bits per heavy atom. The van der Waals surface area contributed by atoms with Gasteiger partial charge in [0.25, 0.3) is 0 Å². The number of rotatable bonds is 36. The van der Waals surface area contributed by atoms with Gasteiger partial charge in [-0.15, -0.1) is 0 Å². The van der Waals surface area contributed by atoms with Crippen LogP contribution in [0.3, 0.4) is 0 Å². The summed E-state index contributed by atoms with van der Waals surface area (Å²) in [5, 5.41) is 69.9. The number of hydrogen-bond acceptors (Lipinski definition) is 21. The molecule has 121 heavy (non-hydrogen) atoms. The molecule has 12 unspecified atom stereocenters. The summed E-state index contributed by atoms with van der Waals surface area (Å²) in [6.07, 6.45) is 6.24. The molecule has 656 valence electrons. The Hall–Kier alpha value is -12.9. The van der Waals surface area contributed by atoms with Gasteiger partial charge in [-0.2, -0.15) is 0 Å². The van der Waals surface area contributed by atoms with E-state index in [1.807, 2.05) is 0 Å². The number of fused-ring (bicyclic) bond motifs is 1. The van der Waals surface area contributed by atoms with Crippen LogP contribution < -0.4 is 75.3 Å². The summed E-state index contributed by atoms with van der Waals surface area (Å²) in [4.78, 5) is 247. The molecule has 3 saturated heterocycles. The molecule has 12 atom stereocenters. The monoisotopic (exact) mass is 1690 g/mol. The minimum absolute atomic E-state index is 0.0213. The maximum absolute atomic E-state index is 15.6. The van der Waals surface area contributed by atoms with E-state index >= 15 is 24.0 Å². The number of nitrogens with one attached hydrogen (secondary N) is 16. The third-order valence-corrected chi connectivity index (χ3v) is 20.8. The Labute approximate surface area is 696 Å². The number of aliphatic carboxylic acids is 2. The molecular weight excluding hydrogens is 1580 g/mol. The molecule has 3 aromatic heterocycles. The summed E-state index contributed by atoms with van der Waals surface area (Å²) in [5.74, 6) is -15.4. The molecule has 5 aromatic rings. The van der Waals surface area contributed by atoms with Gasteiger partial charge < -0.3 is 115 Å². The Kier molecular flexibility index (Phi) is 35.9. The van der Waals surface area contributed by atoms with E-state index in [9.17, 15) is 68.1 Å². The van der Waals surface area contributed by atoms with Crippen LogP contribution in [-0.4, -0.2) is 280 Å². The largest absolute Gasteiger partial charge is 0.480 e. The van der Waals surface area contributed by atoms with E-state index in [4.69, 9.17) is 16.9 Å². The molecule has 23 N–H and O–H groups in total. The standard InChI is InChI=1S/C79H111N23O19/c1-44(2)30-55(67(80)110)93-69(112)53(21-10-12-27-100(39-65(106)107)40-66(108)109)92-75(118)61(41-103)99-74(117)59(34-49-38-84-43-89-49)97-76(119)62-23-14-28-101(62)78(121)63-24-15-29-102(63)77(120)60-35-64(105)85-25-11-9-20-52(90-45(3)104)68(111)96-58(33-48-37-83-42-88-48)73(116)94-56(31-46-16-5-4-6-17-46)71(114)91-54(22-13-26-86-79(81)82)70(113)95-57(72(115)98-60)32-47-36-87-51-19-8-7-18-50(47)51/h4-8,16-19,36-38,42-44,52-63,87,103H,9-15,20-35,39-41H2,1-3H3,(H2,80,110)(H,83,88)(H,84,89)(H,85,105)(H,90,104)(H,91,114)(H,92,118)(H,93,112)(H,94,116)(H,95,113)(H,96,111)(H,97,119)(H,98,115)(H,99,117)(H,106,107)(H,108,109)(H4,81,82,86). The number of nitrogens with zero attached hydrogens (tertiary/aromatic N) is 5. The Morgan fingerprint density at radius 3 is 1.83 bits per heavy atom. The molecule has 0 aliphatic carbocycles. The summed E-state index contributed by atoms with van der Waals surface area (Å²) in [6, 6.07) is -2.08. The van der Waals surface area contributed by atoms with E-state index in [0.717, 1.165) is 4.90 Å². The number of aromatic nitrogens is 5. The number of unbranched alkanes of at least 4 members (excludes halogenated alkanes) is 1. The van der Waals surface area contributed by atoms with Crippen molar-refractivity contribution in [2.75, 3.05) is 52.4 Å². The van der Waals surface area contributed by atoms with Crippen LogP contribution in [0, 0.1) is 11.3 Å². The molecule has 0 bridgehead atoms. The Balaban J connectivity index is 1.06. The average Bonchev–Trinajstić information content (AvgIpc) is 1.70. The molecule has 3 aliphatic heterocycles. The smallest absolute Gasteiger partial charge is 0.317 e. The Morgan fingerprint density at radius 2 is 1.19 bits per heavy atom. The number of para-hydroxylation sites is 1. The number of carboxylic acid groups (broad SMARTS) is 2. The third-order valence-electron chi connectivity index (χ3n) is 20.8. The molecule has 0 spiro atoms. The number of benzene rings is 2. The molecular formula is C79H111N23O19. The second-order valence-corrected chi connectivity index (χ2v) is 30.7. The summed E-state index contributed by atoms with van der Waals surface area (Å²) in [5.41, 5.74) is 13.7. The second-order valence-electron chi connectivity index (χ2n) is 30.7. The molecule has 0 saturated carbocycles. The number of aliphatic hydroxyl groups excluding tert-OH is 1. The van der Waals surface area contributed by atoms with E-state index in [-0.39, 0.29) is 148 Å². The van der Waals surface area contributed by atoms with Crippen molar-refractivity contribution in [3.8, 4) is 0 Å². The number of primary amides is 1. The molecule has 3 aliphatic rings. The van der Waals surface area contributed by atoms with Crippen LogP contribution in [0.1, 0.15) is 133 Å². The predicted molar refractivity (Wildman–Crippen MR) is 433 cm³/mol. The number of amides is 14. The molecule has 2 aromatic carbocycles. The minimum atomic E-state index is -1.82. The van der Waals surface area contributed by atoms with Crippen molar-refractivity contribution in [3.63, 3.8) is 0 Å². The molecule has 6 heterocycles. The van der Waals surface area contributed by atoms with Gasteiger partial charge in [-0.3, -0.25) is 87.0 Å². The first-order valence-electron chi connectivity index (χ1n) is 40.4. The number of aromatic amines is 3. The summed E-state index contributed by atoms with van der Waals surface area (Å²) >= 11 is 0. The number of likely N-dealkylation sites (tertiary alicyclic amines) is 2. The van der Waals surface area contributed by atoms with Crippen LogP contribution in [0.5, 0.6) is 0 Å². The van der Waals surface area contributed by atoms with Crippen LogP contribution in [0.4, 0.5) is 0 Å². The van der Waals surface area contributed by atoms with Gasteiger partial charge in [0.15, 0.2) is 5.96 Å². The number of hydrogen-bond donors (Lipinski definition) is 21. The van der Waals surface area contributed by atoms with Crippen molar-refractivity contribution >= 4 is 112 Å². The summed E-state index contributed by atoms with van der Waals surface area (Å²) in [6.45, 7) is 2.20. The van der Waals surface area contributed by atoms with Crippen molar-refractivity contribution < 1.29 is 92.0 Å². The zero-order chi connectivity index (χ0) is 87.8. The van der Waals surface area contributed by atoms with Crippen molar-refractivity contribution in [1.29, 1.82) is 5.41 Å². The maximum atomic E-state index is 15.6. The maximum Gasteiger partial charge on any atom is 0.317 e. The number of H-pyrrole nitrogens is 3. The van der Waals surface area contributed by atoms with Crippen molar-refractivity contribution in [1.82, 2.24) is 103 Å². The van der Waals surface area contributed by atoms with Gasteiger partial charge in [0.1, 0.15) is 72.5 Å². The summed E-state index contributed by atoms with van der Waals surface area (Å²) in [7, 11) is 0. The van der Waals surface area contributed by atoms with Crippen LogP contribution in [0.2, 0.25) is 0 Å². The Bertz CT molecular complexity index is 4410. The lowest BCUT2D eigenvalue weighted by Gasteiger charge is -2.33. The molecule has 42 nitrogen and oxygen atoms in total. The lowest BCUT2D eigenvalue weighted by molar-refractivity contribution is -0.148. The van der Waals surface area contributed by atoms with E-state index in [1.165, 1.54) is 41.8 Å². The van der Waals surface area contributed by atoms with Crippen LogP contribution in [0.15, 0.2) is 85.8 Å². The van der Waals surface area contributed by atoms with E-state index < -0.39 is 199 Å². The highest BCUT2D eigenvalue weighted by Crippen LogP contribution is 2.28. The first-order valence-corrected chi connectivity index (χ1v) is 40.4. The predicted octanol–water partition coefficient (Wildman–Crippen LogP) is -4.15. The number of nitrogens with two attached hydrogens (primary N) is 2. The van der Waals surface area contributed by atoms with Gasteiger partial charge in [-0.1, -0.05) is 62.4 Å². The minimum Gasteiger partial charge on any atom is -0.480 e. The number of carboxylic acids is 2. The molecule has 3 fully saturated rings. The van der Waals surface area contributed by atoms with Crippen LogP contribution >= 0.6 is 0 Å². The number of carbonyl (C=O) groups is 16. The lowest BCUT2D eigenvalue weighted by atomic mass is 10.0. The van der Waals surface area contributed by atoms with Gasteiger partial charge in [0.2, 0.25) is 82.7 Å². The second kappa shape index (κ2) is 46.5. The topological polar surface area (TPSA) is 637 Å². The van der Waals surface area contributed by atoms with E-state index in [0.29, 0.717) is 33.4 Å². The summed E-state index contributed by atoms with van der Waals surface area (Å²) < 4.78 is 0. The zero-order valence-corrected chi connectivity index (χ0v) is 67.7. The highest BCUT2D eigenvalue weighted by Gasteiger charge is 2.46. The van der Waals surface area contributed by atoms with Gasteiger partial charge in [0, 0.05) is 99.7 Å². The average molecular weight is 1690 g/mol. The fraction of sp³-hybridized carbons (Fsp3) is 0.532. The fourth-order valence-electron chi connectivity index (χ4n) is 14.8. The van der Waals surface area contributed by atoms with Gasteiger partial charge in [0.05, 0.1) is 38.8 Å². The number of imidazole rings is 2.